The zero-order valence-electron chi connectivity index (χ0n) is 15.4. The van der Waals surface area contributed by atoms with Crippen molar-refractivity contribution in [1.29, 1.82) is 0 Å². The molecule has 0 aliphatic heterocycles. The quantitative estimate of drug-likeness (QED) is 0.151. The van der Waals surface area contributed by atoms with Crippen LogP contribution in [0, 0.1) is 10.1 Å². The molecule has 1 aromatic rings. The lowest BCUT2D eigenvalue weighted by molar-refractivity contribution is -0.384. The van der Waals surface area contributed by atoms with Crippen molar-refractivity contribution in [3.63, 3.8) is 0 Å². The number of benzene rings is 1. The minimum atomic E-state index is -1.99. The van der Waals surface area contributed by atoms with E-state index >= 15 is 0 Å². The summed E-state index contributed by atoms with van der Waals surface area (Å²) in [6.45, 7) is 8.33. The Bertz CT molecular complexity index is 600. The van der Waals surface area contributed by atoms with Crippen molar-refractivity contribution in [3.05, 3.63) is 51.8 Å². The molecule has 0 saturated heterocycles. The summed E-state index contributed by atoms with van der Waals surface area (Å²) in [6.07, 6.45) is 2.18. The van der Waals surface area contributed by atoms with Crippen molar-refractivity contribution in [2.45, 2.75) is 52.2 Å². The molecule has 0 spiro atoms. The number of carbonyl (C=O) groups excluding carboxylic acids is 1. The van der Waals surface area contributed by atoms with Gasteiger partial charge in [0.25, 0.3) is 14.0 Å². The Labute approximate surface area is 150 Å². The molecule has 0 radical (unpaired) electrons. The summed E-state index contributed by atoms with van der Waals surface area (Å²) >= 11 is 0. The highest BCUT2D eigenvalue weighted by Gasteiger charge is 2.33. The van der Waals surface area contributed by atoms with Gasteiger partial charge in [-0.15, -0.1) is 0 Å². The first-order chi connectivity index (χ1) is 11.9. The summed E-state index contributed by atoms with van der Waals surface area (Å²) in [5, 5.41) is 10.7. The molecule has 1 aromatic carbocycles. The van der Waals surface area contributed by atoms with Gasteiger partial charge in [-0.25, -0.2) is 4.79 Å². The van der Waals surface area contributed by atoms with E-state index in [1.807, 2.05) is 0 Å². The summed E-state index contributed by atoms with van der Waals surface area (Å²) in [5.74, 6) is -0.186. The highest BCUT2D eigenvalue weighted by molar-refractivity contribution is 6.74. The van der Waals surface area contributed by atoms with Crippen LogP contribution < -0.4 is 0 Å². The number of nitro groups is 1. The second kappa shape index (κ2) is 9.98. The summed E-state index contributed by atoms with van der Waals surface area (Å²) in [7, 11) is -1.99. The fourth-order valence-corrected chi connectivity index (χ4v) is 5.10. The third-order valence-electron chi connectivity index (χ3n) is 4.41. The largest absolute Gasteiger partial charge is 0.539 e. The molecule has 0 aliphatic carbocycles. The third kappa shape index (κ3) is 6.01. The van der Waals surface area contributed by atoms with E-state index in [0.29, 0.717) is 6.42 Å². The maximum Gasteiger partial charge on any atom is 0.371 e. The van der Waals surface area contributed by atoms with Crippen LogP contribution in [-0.2, 0) is 20.4 Å². The molecule has 0 aromatic heterocycles. The Morgan fingerprint density at radius 3 is 2.12 bits per heavy atom. The molecule has 0 saturated carbocycles. The lowest BCUT2D eigenvalue weighted by Gasteiger charge is -2.29. The van der Waals surface area contributed by atoms with Crippen LogP contribution in [0.1, 0.15) is 33.3 Å². The van der Waals surface area contributed by atoms with E-state index in [1.165, 1.54) is 12.1 Å². The van der Waals surface area contributed by atoms with Crippen LogP contribution in [0.2, 0.25) is 18.1 Å². The van der Waals surface area contributed by atoms with Crippen molar-refractivity contribution < 1.29 is 18.9 Å². The molecule has 0 atom stereocenters. The summed E-state index contributed by atoms with van der Waals surface area (Å²) < 4.78 is 11.3. The van der Waals surface area contributed by atoms with Gasteiger partial charge in [0.05, 0.1) is 11.5 Å². The Kier molecular flexibility index (Phi) is 8.34. The minimum Gasteiger partial charge on any atom is -0.539 e. The van der Waals surface area contributed by atoms with Gasteiger partial charge in [-0.2, -0.15) is 0 Å². The predicted octanol–water partition coefficient (Wildman–Crippen LogP) is 4.61. The van der Waals surface area contributed by atoms with Gasteiger partial charge in [0, 0.05) is 12.1 Å². The van der Waals surface area contributed by atoms with Crippen LogP contribution in [-0.4, -0.2) is 25.8 Å². The van der Waals surface area contributed by atoms with Crippen LogP contribution in [0.5, 0.6) is 0 Å². The molecule has 1 rings (SSSR count). The van der Waals surface area contributed by atoms with Crippen LogP contribution in [0.3, 0.4) is 0 Å². The average molecular weight is 366 g/mol. The zero-order valence-corrected chi connectivity index (χ0v) is 16.4. The molecule has 0 fully saturated rings. The van der Waals surface area contributed by atoms with Crippen molar-refractivity contribution >= 4 is 20.0 Å². The Hall–Kier alpha value is -2.15. The number of non-ortho nitro benzene ring substituents is 1. The number of hydrogen-bond donors (Lipinski definition) is 0. The van der Waals surface area contributed by atoms with Gasteiger partial charge in [0.15, 0.2) is 5.76 Å². The van der Waals surface area contributed by atoms with E-state index in [9.17, 15) is 14.9 Å². The molecule has 0 heterocycles. The van der Waals surface area contributed by atoms with Crippen LogP contribution in [0.25, 0.3) is 0 Å². The van der Waals surface area contributed by atoms with Gasteiger partial charge in [-0.1, -0.05) is 32.9 Å². The normalized spacial score (nSPS) is 11.9. The number of carbonyl (C=O) groups is 1. The van der Waals surface area contributed by atoms with Gasteiger partial charge < -0.3 is 9.16 Å². The highest BCUT2D eigenvalue weighted by Crippen LogP contribution is 2.25. The van der Waals surface area contributed by atoms with Crippen molar-refractivity contribution in [2.75, 3.05) is 6.61 Å². The molecule has 7 heteroatoms. The molecule has 0 aliphatic rings. The number of hydrogen-bond acceptors (Lipinski definition) is 5. The fourth-order valence-electron chi connectivity index (χ4n) is 2.53. The monoisotopic (exact) mass is 365 g/mol. The maximum atomic E-state index is 12.3. The summed E-state index contributed by atoms with van der Waals surface area (Å²) in [6, 6.07) is 9.05. The topological polar surface area (TPSA) is 78.7 Å². The molecular weight excluding hydrogens is 338 g/mol. The average Bonchev–Trinajstić information content (AvgIpc) is 2.63. The Morgan fingerprint density at radius 1 is 1.12 bits per heavy atom. The number of nitro benzene ring substituents is 1. The van der Waals surface area contributed by atoms with E-state index in [4.69, 9.17) is 9.16 Å². The van der Waals surface area contributed by atoms with Gasteiger partial charge in [0.1, 0.15) is 0 Å². The standard InChI is InChI=1S/C18H27NO5Si/c1-5-23-18(20)17(24-25(6-2,7-3)8-4)14-11-15-9-12-16(13-10-15)19(21)22/h9-10,12-14H,5-8,11H2,1-4H3/b17-14-. The maximum absolute atomic E-state index is 12.3. The van der Waals surface area contributed by atoms with Gasteiger partial charge >= 0.3 is 5.97 Å². The number of ether oxygens (including phenoxy) is 1. The molecule has 6 nitrogen and oxygen atoms in total. The molecule has 0 amide bonds. The predicted molar refractivity (Wildman–Crippen MR) is 99.8 cm³/mol. The highest BCUT2D eigenvalue weighted by atomic mass is 28.4. The van der Waals surface area contributed by atoms with Gasteiger partial charge in [0.2, 0.25) is 0 Å². The minimum absolute atomic E-state index is 0.0453. The van der Waals surface area contributed by atoms with Crippen LogP contribution in [0.4, 0.5) is 5.69 Å². The van der Waals surface area contributed by atoms with Crippen LogP contribution >= 0.6 is 0 Å². The van der Waals surface area contributed by atoms with Gasteiger partial charge in [-0.3, -0.25) is 10.1 Å². The number of esters is 1. The van der Waals surface area contributed by atoms with E-state index in [-0.39, 0.29) is 18.1 Å². The molecule has 138 valence electrons. The van der Waals surface area contributed by atoms with Crippen molar-refractivity contribution in [2.24, 2.45) is 0 Å². The second-order valence-electron chi connectivity index (χ2n) is 5.76. The second-order valence-corrected chi connectivity index (χ2v) is 10.5. The summed E-state index contributed by atoms with van der Waals surface area (Å²) in [5.41, 5.74) is 0.914. The molecule has 0 N–H and O–H groups in total. The van der Waals surface area contributed by atoms with E-state index in [1.54, 1.807) is 25.1 Å². The first-order valence-electron chi connectivity index (χ1n) is 8.70. The van der Waals surface area contributed by atoms with Crippen molar-refractivity contribution in [1.82, 2.24) is 0 Å². The molecule has 0 bridgehead atoms. The van der Waals surface area contributed by atoms with E-state index in [2.05, 4.69) is 20.8 Å². The molecular formula is C18H27NO5Si. The fraction of sp³-hybridized carbons (Fsp3) is 0.500. The van der Waals surface area contributed by atoms with Gasteiger partial charge in [-0.05, 0) is 43.1 Å². The number of nitrogens with zero attached hydrogens (tertiary/aromatic N) is 1. The Balaban J connectivity index is 3.00. The van der Waals surface area contributed by atoms with E-state index < -0.39 is 19.2 Å². The third-order valence-corrected chi connectivity index (χ3v) is 8.93. The molecule has 25 heavy (non-hydrogen) atoms. The SMILES string of the molecule is CCOC(=O)/C(=C/Cc1ccc([N+](=O)[O-])cc1)O[Si](CC)(CC)CC. The van der Waals surface area contributed by atoms with Crippen molar-refractivity contribution in [3.8, 4) is 0 Å². The Morgan fingerprint density at radius 2 is 1.68 bits per heavy atom. The first-order valence-corrected chi connectivity index (χ1v) is 11.2. The molecule has 0 unspecified atom stereocenters. The van der Waals surface area contributed by atoms with E-state index in [0.717, 1.165) is 23.7 Å². The summed E-state index contributed by atoms with van der Waals surface area (Å²) in [4.78, 5) is 22.5. The smallest absolute Gasteiger partial charge is 0.371 e. The first kappa shape index (κ1) is 20.9. The lowest BCUT2D eigenvalue weighted by atomic mass is 10.1. The van der Waals surface area contributed by atoms with Crippen LogP contribution in [0.15, 0.2) is 36.1 Å². The number of rotatable bonds is 10. The lowest BCUT2D eigenvalue weighted by Crippen LogP contribution is -2.37. The number of allylic oxidation sites excluding steroid dienone is 1. The zero-order chi connectivity index (χ0) is 18.9.